The number of ether oxygens (including phenoxy) is 1. The van der Waals surface area contributed by atoms with Crippen molar-refractivity contribution in [2.24, 2.45) is 0 Å². The second-order valence-corrected chi connectivity index (χ2v) is 9.61. The van der Waals surface area contributed by atoms with Crippen molar-refractivity contribution in [2.45, 2.75) is 58.0 Å². The number of anilines is 2. The molecule has 0 radical (unpaired) electrons. The number of carbonyl (C=O) groups is 2. The summed E-state index contributed by atoms with van der Waals surface area (Å²) < 4.78 is 5.26. The molecule has 2 aromatic carbocycles. The number of aliphatic hydroxyl groups is 1. The molecule has 1 aliphatic heterocycles. The summed E-state index contributed by atoms with van der Waals surface area (Å²) in [6, 6.07) is 13.0. The Morgan fingerprint density at radius 3 is 2.24 bits per heavy atom. The number of hydrogen-bond donors (Lipinski definition) is 3. The van der Waals surface area contributed by atoms with Crippen LogP contribution in [0.3, 0.4) is 0 Å². The second-order valence-electron chi connectivity index (χ2n) is 9.61. The van der Waals surface area contributed by atoms with Gasteiger partial charge in [0.2, 0.25) is 0 Å². The Labute approximate surface area is 196 Å². The first-order valence-corrected chi connectivity index (χ1v) is 11.4. The molecule has 3 rings (SSSR count). The minimum absolute atomic E-state index is 0.0247. The average Bonchev–Trinajstić information content (AvgIpc) is 2.79. The molecule has 2 aromatic rings. The van der Waals surface area contributed by atoms with Crippen molar-refractivity contribution in [2.75, 3.05) is 30.8 Å². The molecule has 0 unspecified atom stereocenters. The first-order valence-electron chi connectivity index (χ1n) is 11.4. The third kappa shape index (κ3) is 5.85. The highest BCUT2D eigenvalue weighted by Gasteiger charge is 2.40. The van der Waals surface area contributed by atoms with Gasteiger partial charge in [-0.3, -0.25) is 4.79 Å². The lowest BCUT2D eigenvalue weighted by atomic mass is 9.87. The van der Waals surface area contributed by atoms with Gasteiger partial charge in [0.1, 0.15) is 11.4 Å². The zero-order valence-corrected chi connectivity index (χ0v) is 20.2. The van der Waals surface area contributed by atoms with E-state index in [2.05, 4.69) is 31.4 Å². The van der Waals surface area contributed by atoms with Gasteiger partial charge in [0.15, 0.2) is 0 Å². The molecule has 1 saturated heterocycles. The Kier molecular flexibility index (Phi) is 7.32. The summed E-state index contributed by atoms with van der Waals surface area (Å²) in [5, 5.41) is 16.7. The van der Waals surface area contributed by atoms with Crippen LogP contribution in [0.15, 0.2) is 42.5 Å². The van der Waals surface area contributed by atoms with Gasteiger partial charge in [0.25, 0.3) is 5.91 Å². The largest absolute Gasteiger partial charge is 0.497 e. The molecular formula is C26H35N3O4. The molecule has 0 atom stereocenters. The van der Waals surface area contributed by atoms with E-state index in [1.807, 2.05) is 43.3 Å². The molecule has 7 nitrogen and oxygen atoms in total. The van der Waals surface area contributed by atoms with E-state index in [4.69, 9.17) is 4.74 Å². The predicted octanol–water partition coefficient (Wildman–Crippen LogP) is 4.55. The molecule has 3 N–H and O–H groups in total. The average molecular weight is 454 g/mol. The number of likely N-dealkylation sites (tertiary alicyclic amines) is 1. The number of nitrogens with one attached hydrogen (secondary N) is 2. The monoisotopic (exact) mass is 453 g/mol. The zero-order valence-electron chi connectivity index (χ0n) is 20.2. The first-order chi connectivity index (χ1) is 15.6. The van der Waals surface area contributed by atoms with Gasteiger partial charge < -0.3 is 25.4 Å². The van der Waals surface area contributed by atoms with Crippen LogP contribution in [0.1, 0.15) is 51.7 Å². The molecule has 0 spiro atoms. The highest BCUT2D eigenvalue weighted by atomic mass is 16.5. The van der Waals surface area contributed by atoms with Crippen LogP contribution in [0.25, 0.3) is 0 Å². The Hall–Kier alpha value is -3.06. The lowest BCUT2D eigenvalue weighted by Crippen LogP contribution is -2.53. The zero-order chi connectivity index (χ0) is 24.2. The van der Waals surface area contributed by atoms with Crippen LogP contribution < -0.4 is 15.4 Å². The number of nitrogens with zero attached hydrogens (tertiary/aromatic N) is 1. The molecule has 178 valence electrons. The van der Waals surface area contributed by atoms with E-state index in [1.165, 1.54) is 5.56 Å². The molecule has 7 heteroatoms. The van der Waals surface area contributed by atoms with Crippen molar-refractivity contribution >= 4 is 23.3 Å². The molecular weight excluding hydrogens is 418 g/mol. The van der Waals surface area contributed by atoms with Crippen molar-refractivity contribution < 1.29 is 19.4 Å². The molecule has 1 fully saturated rings. The van der Waals surface area contributed by atoms with E-state index in [-0.39, 0.29) is 37.4 Å². The third-order valence-corrected chi connectivity index (χ3v) is 6.25. The molecule has 1 aliphatic rings. The van der Waals surface area contributed by atoms with Gasteiger partial charge in [-0.1, -0.05) is 45.9 Å². The normalized spacial score (nSPS) is 15.6. The van der Waals surface area contributed by atoms with Crippen molar-refractivity contribution in [3.8, 4) is 5.75 Å². The molecule has 0 aliphatic carbocycles. The van der Waals surface area contributed by atoms with Crippen LogP contribution in [0.5, 0.6) is 5.75 Å². The van der Waals surface area contributed by atoms with Crippen molar-refractivity contribution in [3.05, 3.63) is 53.6 Å². The molecule has 0 aromatic heterocycles. The topological polar surface area (TPSA) is 90.9 Å². The van der Waals surface area contributed by atoms with Gasteiger partial charge in [-0.25, -0.2) is 4.79 Å². The number of aryl methyl sites for hydroxylation is 1. The SMILES string of the molecule is CCc1ccc(OC)cc1NC(=O)N1CCC(O)(C(=O)Nc2ccc(C(C)(C)C)cc2)CC1. The van der Waals surface area contributed by atoms with Crippen LogP contribution in [0, 0.1) is 0 Å². The highest BCUT2D eigenvalue weighted by Crippen LogP contribution is 2.28. The number of rotatable bonds is 5. The Bertz CT molecular complexity index is 988. The van der Waals surface area contributed by atoms with E-state index in [0.29, 0.717) is 17.1 Å². The fourth-order valence-electron chi connectivity index (χ4n) is 3.91. The Morgan fingerprint density at radius 1 is 1.06 bits per heavy atom. The Morgan fingerprint density at radius 2 is 1.70 bits per heavy atom. The molecule has 3 amide bonds. The van der Waals surface area contributed by atoms with Gasteiger partial charge in [0, 0.05) is 43.4 Å². The van der Waals surface area contributed by atoms with Crippen molar-refractivity contribution in [3.63, 3.8) is 0 Å². The maximum absolute atomic E-state index is 12.8. The number of amides is 3. The number of urea groups is 1. The standard InChI is InChI=1S/C26H35N3O4/c1-6-18-7-12-21(33-5)17-22(18)28-24(31)29-15-13-26(32,14-16-29)23(30)27-20-10-8-19(9-11-20)25(2,3)4/h7-12,17,32H,6,13-16H2,1-5H3,(H,27,30)(H,28,31). The second kappa shape index (κ2) is 9.83. The maximum atomic E-state index is 12.8. The summed E-state index contributed by atoms with van der Waals surface area (Å²) in [7, 11) is 1.59. The molecule has 1 heterocycles. The van der Waals surface area contributed by atoms with Crippen LogP contribution >= 0.6 is 0 Å². The number of methoxy groups -OCH3 is 1. The minimum atomic E-state index is -1.51. The minimum Gasteiger partial charge on any atom is -0.497 e. The van der Waals surface area contributed by atoms with Crippen LogP contribution in [0.2, 0.25) is 0 Å². The van der Waals surface area contributed by atoms with Gasteiger partial charge in [-0.05, 0) is 41.2 Å². The van der Waals surface area contributed by atoms with E-state index < -0.39 is 11.5 Å². The smallest absolute Gasteiger partial charge is 0.321 e. The number of benzene rings is 2. The number of carbonyl (C=O) groups excluding carboxylic acids is 2. The van der Waals surface area contributed by atoms with Crippen LogP contribution in [-0.4, -0.2) is 47.7 Å². The van der Waals surface area contributed by atoms with Crippen molar-refractivity contribution in [1.29, 1.82) is 0 Å². The van der Waals surface area contributed by atoms with Gasteiger partial charge in [-0.2, -0.15) is 0 Å². The fraction of sp³-hybridized carbons (Fsp3) is 0.462. The summed E-state index contributed by atoms with van der Waals surface area (Å²) in [5.41, 5.74) is 2.04. The number of piperidine rings is 1. The molecule has 0 saturated carbocycles. The van der Waals surface area contributed by atoms with E-state index in [1.54, 1.807) is 18.1 Å². The van der Waals surface area contributed by atoms with E-state index in [9.17, 15) is 14.7 Å². The maximum Gasteiger partial charge on any atom is 0.321 e. The quantitative estimate of drug-likeness (QED) is 0.619. The third-order valence-electron chi connectivity index (χ3n) is 6.25. The molecule has 33 heavy (non-hydrogen) atoms. The van der Waals surface area contributed by atoms with Gasteiger partial charge in [-0.15, -0.1) is 0 Å². The highest BCUT2D eigenvalue weighted by molar-refractivity contribution is 5.97. The van der Waals surface area contributed by atoms with Crippen LogP contribution in [-0.2, 0) is 16.6 Å². The van der Waals surface area contributed by atoms with Crippen LogP contribution in [0.4, 0.5) is 16.2 Å². The fourth-order valence-corrected chi connectivity index (χ4v) is 3.91. The Balaban J connectivity index is 1.59. The lowest BCUT2D eigenvalue weighted by Gasteiger charge is -2.37. The summed E-state index contributed by atoms with van der Waals surface area (Å²) in [5.74, 6) is 0.231. The summed E-state index contributed by atoms with van der Waals surface area (Å²) >= 11 is 0. The van der Waals surface area contributed by atoms with Gasteiger partial charge in [0.05, 0.1) is 7.11 Å². The molecule has 0 bridgehead atoms. The number of hydrogen-bond acceptors (Lipinski definition) is 4. The summed E-state index contributed by atoms with van der Waals surface area (Å²) in [6.45, 7) is 8.97. The van der Waals surface area contributed by atoms with E-state index in [0.717, 1.165) is 12.0 Å². The first kappa shape index (κ1) is 24.6. The lowest BCUT2D eigenvalue weighted by molar-refractivity contribution is -0.138. The van der Waals surface area contributed by atoms with E-state index >= 15 is 0 Å². The summed E-state index contributed by atoms with van der Waals surface area (Å²) in [6.07, 6.45) is 1.12. The summed E-state index contributed by atoms with van der Waals surface area (Å²) in [4.78, 5) is 27.2. The van der Waals surface area contributed by atoms with Crippen molar-refractivity contribution in [1.82, 2.24) is 4.90 Å². The predicted molar refractivity (Wildman–Crippen MR) is 131 cm³/mol. The van der Waals surface area contributed by atoms with Gasteiger partial charge >= 0.3 is 6.03 Å².